The van der Waals surface area contributed by atoms with E-state index in [-0.39, 0.29) is 5.91 Å². The number of piperidine rings is 1. The smallest absolute Gasteiger partial charge is 0.308 e. The lowest BCUT2D eigenvalue weighted by molar-refractivity contribution is -0.143. The van der Waals surface area contributed by atoms with Crippen molar-refractivity contribution in [2.24, 2.45) is 5.92 Å². The first-order valence-corrected chi connectivity index (χ1v) is 5.61. The molecule has 6 nitrogen and oxygen atoms in total. The van der Waals surface area contributed by atoms with E-state index >= 15 is 0 Å². The van der Waals surface area contributed by atoms with Crippen molar-refractivity contribution in [2.75, 3.05) is 13.1 Å². The second-order valence-corrected chi connectivity index (χ2v) is 4.34. The zero-order valence-electron chi connectivity index (χ0n) is 9.64. The van der Waals surface area contributed by atoms with E-state index < -0.39 is 11.9 Å². The number of nitrogens with one attached hydrogen (secondary N) is 1. The molecule has 2 N–H and O–H groups in total. The normalized spacial score (nSPS) is 20.3. The minimum absolute atomic E-state index is 0.137. The van der Waals surface area contributed by atoms with Crippen LogP contribution in [0.3, 0.4) is 0 Å². The first kappa shape index (κ1) is 11.6. The second-order valence-electron chi connectivity index (χ2n) is 4.34. The van der Waals surface area contributed by atoms with Crippen LogP contribution in [0.4, 0.5) is 0 Å². The van der Waals surface area contributed by atoms with Crippen molar-refractivity contribution < 1.29 is 14.7 Å². The van der Waals surface area contributed by atoms with E-state index in [0.29, 0.717) is 30.8 Å². The van der Waals surface area contributed by atoms with Gasteiger partial charge in [-0.05, 0) is 19.8 Å². The van der Waals surface area contributed by atoms with Crippen molar-refractivity contribution in [1.29, 1.82) is 0 Å². The summed E-state index contributed by atoms with van der Waals surface area (Å²) in [5.41, 5.74) is 1.24. The maximum atomic E-state index is 12.1. The molecule has 2 heterocycles. The number of aromatic amines is 1. The van der Waals surface area contributed by atoms with Crippen LogP contribution in [0.1, 0.15) is 28.9 Å². The number of amides is 1. The molecule has 1 aromatic heterocycles. The highest BCUT2D eigenvalue weighted by Gasteiger charge is 2.29. The number of carboxylic acid groups (broad SMARTS) is 1. The van der Waals surface area contributed by atoms with E-state index in [9.17, 15) is 9.59 Å². The predicted octanol–water partition coefficient (Wildman–Crippen LogP) is 0.655. The Kier molecular flexibility index (Phi) is 3.12. The third-order valence-electron chi connectivity index (χ3n) is 3.12. The van der Waals surface area contributed by atoms with Gasteiger partial charge in [-0.25, -0.2) is 0 Å². The molecule has 1 aliphatic heterocycles. The first-order chi connectivity index (χ1) is 8.09. The van der Waals surface area contributed by atoms with Crippen molar-refractivity contribution in [3.63, 3.8) is 0 Å². The van der Waals surface area contributed by atoms with Gasteiger partial charge in [0.2, 0.25) is 0 Å². The van der Waals surface area contributed by atoms with Crippen molar-refractivity contribution in [3.05, 3.63) is 17.5 Å². The molecule has 0 bridgehead atoms. The molecule has 1 amide bonds. The average molecular weight is 237 g/mol. The van der Waals surface area contributed by atoms with E-state index in [1.807, 2.05) is 0 Å². The van der Waals surface area contributed by atoms with Gasteiger partial charge in [-0.3, -0.25) is 14.7 Å². The fourth-order valence-corrected chi connectivity index (χ4v) is 2.10. The van der Waals surface area contributed by atoms with Crippen LogP contribution in [-0.4, -0.2) is 45.2 Å². The standard InChI is InChI=1S/C11H15N3O3/c1-7-9(5-12-13-7)10(15)14-4-2-3-8(6-14)11(16)17/h5,8H,2-4,6H2,1H3,(H,12,13)(H,16,17)/t8-/m1/s1. The highest BCUT2D eigenvalue weighted by molar-refractivity contribution is 5.95. The molecule has 0 spiro atoms. The number of H-pyrrole nitrogens is 1. The summed E-state index contributed by atoms with van der Waals surface area (Å²) < 4.78 is 0. The second kappa shape index (κ2) is 4.57. The fourth-order valence-electron chi connectivity index (χ4n) is 2.10. The number of aryl methyl sites for hydroxylation is 1. The molecule has 2 rings (SSSR count). The van der Waals surface area contributed by atoms with Gasteiger partial charge in [0, 0.05) is 18.8 Å². The molecule has 0 saturated carbocycles. The number of hydrogen-bond donors (Lipinski definition) is 2. The molecule has 1 atom stereocenters. The summed E-state index contributed by atoms with van der Waals surface area (Å²) in [6, 6.07) is 0. The molecule has 0 aromatic carbocycles. The third-order valence-corrected chi connectivity index (χ3v) is 3.12. The van der Waals surface area contributed by atoms with Gasteiger partial charge in [-0.2, -0.15) is 5.10 Å². The topological polar surface area (TPSA) is 86.3 Å². The van der Waals surface area contributed by atoms with E-state index in [4.69, 9.17) is 5.11 Å². The van der Waals surface area contributed by atoms with Crippen molar-refractivity contribution in [3.8, 4) is 0 Å². The predicted molar refractivity (Wildman–Crippen MR) is 59.6 cm³/mol. The highest BCUT2D eigenvalue weighted by Crippen LogP contribution is 2.19. The zero-order valence-corrected chi connectivity index (χ0v) is 9.64. The molecule has 6 heteroatoms. The summed E-state index contributed by atoms with van der Waals surface area (Å²) in [7, 11) is 0. The van der Waals surface area contributed by atoms with Crippen LogP contribution in [-0.2, 0) is 4.79 Å². The van der Waals surface area contributed by atoms with Crippen molar-refractivity contribution in [2.45, 2.75) is 19.8 Å². The summed E-state index contributed by atoms with van der Waals surface area (Å²) >= 11 is 0. The van der Waals surface area contributed by atoms with Gasteiger partial charge >= 0.3 is 5.97 Å². The summed E-state index contributed by atoms with van der Waals surface area (Å²) in [4.78, 5) is 24.6. The van der Waals surface area contributed by atoms with Crippen molar-refractivity contribution >= 4 is 11.9 Å². The van der Waals surface area contributed by atoms with Crippen LogP contribution < -0.4 is 0 Å². The Balaban J connectivity index is 2.10. The third kappa shape index (κ3) is 2.30. The maximum absolute atomic E-state index is 12.1. The molecule has 1 saturated heterocycles. The lowest BCUT2D eigenvalue weighted by Gasteiger charge is -2.30. The fraction of sp³-hybridized carbons (Fsp3) is 0.545. The lowest BCUT2D eigenvalue weighted by Crippen LogP contribution is -2.42. The summed E-state index contributed by atoms with van der Waals surface area (Å²) in [6.07, 6.45) is 2.87. The molecule has 0 unspecified atom stereocenters. The van der Waals surface area contributed by atoms with Gasteiger partial charge in [-0.15, -0.1) is 0 Å². The first-order valence-electron chi connectivity index (χ1n) is 5.61. The number of likely N-dealkylation sites (tertiary alicyclic amines) is 1. The van der Waals surface area contributed by atoms with Crippen LogP contribution in [0.5, 0.6) is 0 Å². The Morgan fingerprint density at radius 1 is 1.59 bits per heavy atom. The quantitative estimate of drug-likeness (QED) is 0.791. The van der Waals surface area contributed by atoms with Gasteiger partial charge in [-0.1, -0.05) is 0 Å². The molecule has 1 aliphatic rings. The molecule has 0 aliphatic carbocycles. The Bertz CT molecular complexity index is 441. The van der Waals surface area contributed by atoms with Crippen LogP contribution >= 0.6 is 0 Å². The Morgan fingerprint density at radius 3 is 2.94 bits per heavy atom. The van der Waals surface area contributed by atoms with Gasteiger partial charge in [0.1, 0.15) is 0 Å². The van der Waals surface area contributed by atoms with Crippen LogP contribution in [0.2, 0.25) is 0 Å². The minimum Gasteiger partial charge on any atom is -0.481 e. The van der Waals surface area contributed by atoms with Gasteiger partial charge in [0.15, 0.2) is 0 Å². The Hall–Kier alpha value is -1.85. The number of carboxylic acids is 1. The van der Waals surface area contributed by atoms with Crippen molar-refractivity contribution in [1.82, 2.24) is 15.1 Å². The van der Waals surface area contributed by atoms with E-state index in [1.165, 1.54) is 6.20 Å². The van der Waals surface area contributed by atoms with Gasteiger partial charge in [0.05, 0.1) is 17.7 Å². The number of aliphatic carboxylic acids is 1. The van der Waals surface area contributed by atoms with Crippen LogP contribution in [0.15, 0.2) is 6.20 Å². The number of carbonyl (C=O) groups is 2. The molecule has 92 valence electrons. The zero-order chi connectivity index (χ0) is 12.4. The van der Waals surface area contributed by atoms with E-state index in [0.717, 1.165) is 6.42 Å². The minimum atomic E-state index is -0.827. The molecular formula is C11H15N3O3. The summed E-state index contributed by atoms with van der Waals surface area (Å²) in [5, 5.41) is 15.5. The van der Waals surface area contributed by atoms with E-state index in [2.05, 4.69) is 10.2 Å². The number of hydrogen-bond acceptors (Lipinski definition) is 3. The maximum Gasteiger partial charge on any atom is 0.308 e. The van der Waals surface area contributed by atoms with Crippen LogP contribution in [0.25, 0.3) is 0 Å². The molecule has 0 radical (unpaired) electrons. The highest BCUT2D eigenvalue weighted by atomic mass is 16.4. The average Bonchev–Trinajstić information content (AvgIpc) is 2.74. The molecule has 1 aromatic rings. The Labute approximate surface area is 98.6 Å². The summed E-state index contributed by atoms with van der Waals surface area (Å²) in [6.45, 7) is 2.69. The Morgan fingerprint density at radius 2 is 2.35 bits per heavy atom. The number of rotatable bonds is 2. The lowest BCUT2D eigenvalue weighted by atomic mass is 9.98. The van der Waals surface area contributed by atoms with Gasteiger partial charge in [0.25, 0.3) is 5.91 Å². The molecule has 1 fully saturated rings. The summed E-state index contributed by atoms with van der Waals surface area (Å²) in [5.74, 6) is -1.41. The largest absolute Gasteiger partial charge is 0.481 e. The number of nitrogens with zero attached hydrogens (tertiary/aromatic N) is 2. The monoisotopic (exact) mass is 237 g/mol. The number of aromatic nitrogens is 2. The van der Waals surface area contributed by atoms with E-state index in [1.54, 1.807) is 11.8 Å². The van der Waals surface area contributed by atoms with Crippen LogP contribution in [0, 0.1) is 12.8 Å². The molecule has 17 heavy (non-hydrogen) atoms. The number of carbonyl (C=O) groups excluding carboxylic acids is 1. The SMILES string of the molecule is Cc1[nH]ncc1C(=O)N1CCC[C@@H](C(=O)O)C1. The molecular weight excluding hydrogens is 222 g/mol. The van der Waals surface area contributed by atoms with Gasteiger partial charge < -0.3 is 10.0 Å².